The molecule has 3 heteroatoms. The quantitative estimate of drug-likeness (QED) is 0.772. The van der Waals surface area contributed by atoms with E-state index in [1.165, 1.54) is 12.1 Å². The highest BCUT2D eigenvalue weighted by molar-refractivity contribution is 9.10. The van der Waals surface area contributed by atoms with Gasteiger partial charge in [-0.2, -0.15) is 0 Å². The van der Waals surface area contributed by atoms with Crippen molar-refractivity contribution in [3.63, 3.8) is 0 Å². The number of ketones is 1. The van der Waals surface area contributed by atoms with Crippen molar-refractivity contribution in [3.05, 3.63) is 69.4 Å². The third kappa shape index (κ3) is 3.05. The molecule has 0 aliphatic carbocycles. The van der Waals surface area contributed by atoms with Gasteiger partial charge in [0.05, 0.1) is 0 Å². The summed E-state index contributed by atoms with van der Waals surface area (Å²) in [5.74, 6) is -0.303. The molecule has 18 heavy (non-hydrogen) atoms. The maximum absolute atomic E-state index is 13.0. The summed E-state index contributed by atoms with van der Waals surface area (Å²) < 4.78 is 13.9. The zero-order chi connectivity index (χ0) is 13.1. The van der Waals surface area contributed by atoms with Crippen LogP contribution in [0.3, 0.4) is 0 Å². The second kappa shape index (κ2) is 5.44. The van der Waals surface area contributed by atoms with Gasteiger partial charge < -0.3 is 0 Å². The van der Waals surface area contributed by atoms with Gasteiger partial charge in [-0.15, -0.1) is 0 Å². The van der Waals surface area contributed by atoms with Crippen molar-refractivity contribution in [2.75, 3.05) is 0 Å². The van der Waals surface area contributed by atoms with E-state index in [4.69, 9.17) is 0 Å². The maximum Gasteiger partial charge on any atom is 0.167 e. The van der Waals surface area contributed by atoms with Crippen molar-refractivity contribution in [2.24, 2.45) is 0 Å². The Hall–Kier alpha value is -1.48. The molecule has 92 valence electrons. The molecule has 0 spiro atoms. The van der Waals surface area contributed by atoms with Gasteiger partial charge in [-0.05, 0) is 48.4 Å². The second-order valence-electron chi connectivity index (χ2n) is 4.19. The number of hydrogen-bond donors (Lipinski definition) is 0. The Balaban J connectivity index is 2.19. The molecule has 0 aliphatic rings. The van der Waals surface area contributed by atoms with Crippen LogP contribution in [0.25, 0.3) is 0 Å². The monoisotopic (exact) mass is 306 g/mol. The van der Waals surface area contributed by atoms with Gasteiger partial charge in [0, 0.05) is 16.5 Å². The number of Topliss-reactive ketones (excluding diaryl/α,β-unsaturated/α-hetero) is 1. The van der Waals surface area contributed by atoms with E-state index in [2.05, 4.69) is 15.9 Å². The fraction of sp³-hybridized carbons (Fsp3) is 0.133. The molecular weight excluding hydrogens is 295 g/mol. The molecule has 0 N–H and O–H groups in total. The fourth-order valence-electron chi connectivity index (χ4n) is 1.82. The summed E-state index contributed by atoms with van der Waals surface area (Å²) in [4.78, 5) is 12.1. The largest absolute Gasteiger partial charge is 0.294 e. The van der Waals surface area contributed by atoms with E-state index in [0.29, 0.717) is 17.5 Å². The first-order valence-corrected chi connectivity index (χ1v) is 6.39. The van der Waals surface area contributed by atoms with Crippen molar-refractivity contribution in [1.29, 1.82) is 0 Å². The molecule has 0 aromatic heterocycles. The summed E-state index contributed by atoms with van der Waals surface area (Å²) in [6.45, 7) is 1.75. The molecule has 0 atom stereocenters. The minimum Gasteiger partial charge on any atom is -0.294 e. The first kappa shape index (κ1) is 13.0. The van der Waals surface area contributed by atoms with Gasteiger partial charge in [0.1, 0.15) is 5.82 Å². The molecule has 2 rings (SSSR count). The van der Waals surface area contributed by atoms with Crippen LogP contribution in [0.2, 0.25) is 0 Å². The van der Waals surface area contributed by atoms with Gasteiger partial charge in [0.25, 0.3) is 0 Å². The van der Waals surface area contributed by atoms with Crippen LogP contribution in [-0.2, 0) is 6.42 Å². The van der Waals surface area contributed by atoms with E-state index >= 15 is 0 Å². The van der Waals surface area contributed by atoms with Crippen LogP contribution in [0.5, 0.6) is 0 Å². The van der Waals surface area contributed by atoms with Crippen LogP contribution in [-0.4, -0.2) is 5.78 Å². The summed E-state index contributed by atoms with van der Waals surface area (Å²) in [6, 6.07) is 11.9. The zero-order valence-electron chi connectivity index (χ0n) is 9.91. The molecular formula is C15H12BrFO. The van der Waals surface area contributed by atoms with Crippen LogP contribution in [0.15, 0.2) is 46.9 Å². The van der Waals surface area contributed by atoms with Gasteiger partial charge in [-0.1, -0.05) is 28.1 Å². The first-order chi connectivity index (χ1) is 8.56. The molecule has 2 aromatic rings. The molecule has 0 saturated carbocycles. The number of rotatable bonds is 3. The third-order valence-electron chi connectivity index (χ3n) is 2.77. The minimum absolute atomic E-state index is 0.00909. The minimum atomic E-state index is -0.312. The molecule has 2 aromatic carbocycles. The molecule has 0 radical (unpaired) electrons. The highest BCUT2D eigenvalue weighted by Gasteiger charge is 2.10. The van der Waals surface area contributed by atoms with Gasteiger partial charge in [-0.3, -0.25) is 4.79 Å². The number of benzene rings is 2. The van der Waals surface area contributed by atoms with Crippen LogP contribution in [0.1, 0.15) is 21.5 Å². The second-order valence-corrected chi connectivity index (χ2v) is 5.10. The molecule has 0 fully saturated rings. The Morgan fingerprint density at radius 3 is 2.44 bits per heavy atom. The fourth-order valence-corrected chi connectivity index (χ4v) is 2.09. The predicted octanol–water partition coefficient (Wildman–Crippen LogP) is 4.32. The van der Waals surface area contributed by atoms with Crippen molar-refractivity contribution in [3.8, 4) is 0 Å². The predicted molar refractivity (Wildman–Crippen MR) is 73.3 cm³/mol. The summed E-state index contributed by atoms with van der Waals surface area (Å²) in [5, 5.41) is 0. The number of carbonyl (C=O) groups is 1. The molecule has 0 saturated heterocycles. The Kier molecular flexibility index (Phi) is 3.92. The third-order valence-corrected chi connectivity index (χ3v) is 3.30. The molecule has 1 nitrogen and oxygen atoms in total. The zero-order valence-corrected chi connectivity index (χ0v) is 11.5. The van der Waals surface area contributed by atoms with E-state index in [1.54, 1.807) is 13.0 Å². The van der Waals surface area contributed by atoms with Gasteiger partial charge in [0.15, 0.2) is 5.78 Å². The van der Waals surface area contributed by atoms with Gasteiger partial charge in [0.2, 0.25) is 0 Å². The van der Waals surface area contributed by atoms with Crippen LogP contribution in [0.4, 0.5) is 4.39 Å². The summed E-state index contributed by atoms with van der Waals surface area (Å²) in [5.41, 5.74) is 2.21. The van der Waals surface area contributed by atoms with Crippen LogP contribution < -0.4 is 0 Å². The van der Waals surface area contributed by atoms with Crippen molar-refractivity contribution in [1.82, 2.24) is 0 Å². The SMILES string of the molecule is Cc1cc(F)ccc1C(=O)Cc1ccc(Br)cc1. The number of aryl methyl sites for hydroxylation is 1. The lowest BCUT2D eigenvalue weighted by atomic mass is 9.99. The van der Waals surface area contributed by atoms with Crippen molar-refractivity contribution in [2.45, 2.75) is 13.3 Å². The lowest BCUT2D eigenvalue weighted by Gasteiger charge is -2.05. The first-order valence-electron chi connectivity index (χ1n) is 5.60. The van der Waals surface area contributed by atoms with E-state index in [9.17, 15) is 9.18 Å². The van der Waals surface area contributed by atoms with E-state index < -0.39 is 0 Å². The smallest absolute Gasteiger partial charge is 0.167 e. The number of halogens is 2. The highest BCUT2D eigenvalue weighted by atomic mass is 79.9. The standard InChI is InChI=1S/C15H12BrFO/c1-10-8-13(17)6-7-14(10)15(18)9-11-2-4-12(16)5-3-11/h2-8H,9H2,1H3. The normalized spacial score (nSPS) is 10.4. The molecule has 0 amide bonds. The summed E-state index contributed by atoms with van der Waals surface area (Å²) >= 11 is 3.35. The lowest BCUT2D eigenvalue weighted by molar-refractivity contribution is 0.0992. The molecule has 0 unspecified atom stereocenters. The molecule has 0 bridgehead atoms. The van der Waals surface area contributed by atoms with E-state index in [0.717, 1.165) is 10.0 Å². The number of hydrogen-bond acceptors (Lipinski definition) is 1. The lowest BCUT2D eigenvalue weighted by Crippen LogP contribution is -2.05. The van der Waals surface area contributed by atoms with Crippen LogP contribution in [0, 0.1) is 12.7 Å². The van der Waals surface area contributed by atoms with E-state index in [1.807, 2.05) is 24.3 Å². The average Bonchev–Trinajstić information content (AvgIpc) is 2.32. The van der Waals surface area contributed by atoms with Crippen molar-refractivity contribution < 1.29 is 9.18 Å². The topological polar surface area (TPSA) is 17.1 Å². The van der Waals surface area contributed by atoms with Crippen LogP contribution >= 0.6 is 15.9 Å². The Labute approximate surface area is 114 Å². The van der Waals surface area contributed by atoms with Crippen molar-refractivity contribution >= 4 is 21.7 Å². The van der Waals surface area contributed by atoms with Gasteiger partial charge >= 0.3 is 0 Å². The highest BCUT2D eigenvalue weighted by Crippen LogP contribution is 2.15. The Bertz CT molecular complexity index is 576. The van der Waals surface area contributed by atoms with Gasteiger partial charge in [-0.25, -0.2) is 4.39 Å². The Morgan fingerprint density at radius 1 is 1.17 bits per heavy atom. The number of carbonyl (C=O) groups excluding carboxylic acids is 1. The summed E-state index contributed by atoms with van der Waals surface area (Å²) in [7, 11) is 0. The Morgan fingerprint density at radius 2 is 1.83 bits per heavy atom. The van der Waals surface area contributed by atoms with E-state index in [-0.39, 0.29) is 11.6 Å². The maximum atomic E-state index is 13.0. The average molecular weight is 307 g/mol. The summed E-state index contributed by atoms with van der Waals surface area (Å²) in [6.07, 6.45) is 0.333. The molecule has 0 heterocycles. The molecule has 0 aliphatic heterocycles.